The maximum Gasteiger partial charge on any atom is 0.255 e. The molecule has 0 saturated carbocycles. The summed E-state index contributed by atoms with van der Waals surface area (Å²) in [6.07, 6.45) is 5.25. The van der Waals surface area contributed by atoms with Gasteiger partial charge in [-0.1, -0.05) is 37.1 Å². The van der Waals surface area contributed by atoms with Crippen molar-refractivity contribution in [3.63, 3.8) is 0 Å². The normalized spacial score (nSPS) is 15.2. The van der Waals surface area contributed by atoms with Crippen molar-refractivity contribution < 1.29 is 13.9 Å². The van der Waals surface area contributed by atoms with Crippen LogP contribution in [0.1, 0.15) is 47.2 Å². The summed E-state index contributed by atoms with van der Waals surface area (Å²) in [4.78, 5) is 14.9. The zero-order valence-corrected chi connectivity index (χ0v) is 15.8. The number of carbonyl (C=O) groups is 1. The van der Waals surface area contributed by atoms with Gasteiger partial charge in [0.1, 0.15) is 11.6 Å². The first-order chi connectivity index (χ1) is 13.2. The molecule has 1 aliphatic heterocycles. The van der Waals surface area contributed by atoms with E-state index in [4.69, 9.17) is 4.74 Å². The van der Waals surface area contributed by atoms with E-state index in [1.807, 2.05) is 12.1 Å². The van der Waals surface area contributed by atoms with E-state index in [0.717, 1.165) is 12.1 Å². The Morgan fingerprint density at radius 3 is 2.37 bits per heavy atom. The summed E-state index contributed by atoms with van der Waals surface area (Å²) < 4.78 is 18.6. The van der Waals surface area contributed by atoms with Crippen LogP contribution in [0, 0.1) is 5.82 Å². The highest BCUT2D eigenvalue weighted by atomic mass is 19.1. The van der Waals surface area contributed by atoms with Gasteiger partial charge in [-0.2, -0.15) is 0 Å². The average Bonchev–Trinajstić information content (AvgIpc) is 2.96. The van der Waals surface area contributed by atoms with Gasteiger partial charge in [0.2, 0.25) is 0 Å². The molecule has 1 fully saturated rings. The predicted octanol–water partition coefficient (Wildman–Crippen LogP) is 4.14. The summed E-state index contributed by atoms with van der Waals surface area (Å²) in [6, 6.07) is 12.2. The summed E-state index contributed by atoms with van der Waals surface area (Å²) in [5, 5.41) is 2.83. The monoisotopic (exact) mass is 370 g/mol. The Kier molecular flexibility index (Phi) is 6.82. The lowest BCUT2D eigenvalue weighted by Gasteiger charge is -2.19. The van der Waals surface area contributed by atoms with Gasteiger partial charge in [-0.3, -0.25) is 9.69 Å². The molecule has 1 saturated heterocycles. The molecule has 1 N–H and O–H groups in total. The quantitative estimate of drug-likeness (QED) is 0.831. The van der Waals surface area contributed by atoms with Crippen LogP contribution >= 0.6 is 0 Å². The van der Waals surface area contributed by atoms with E-state index in [-0.39, 0.29) is 11.5 Å². The van der Waals surface area contributed by atoms with E-state index in [1.165, 1.54) is 69.6 Å². The van der Waals surface area contributed by atoms with Crippen molar-refractivity contribution in [2.24, 2.45) is 0 Å². The summed E-state index contributed by atoms with van der Waals surface area (Å²) in [6.45, 7) is 3.72. The first-order valence-electron chi connectivity index (χ1n) is 9.57. The van der Waals surface area contributed by atoms with E-state index < -0.39 is 5.82 Å². The molecule has 4 nitrogen and oxygen atoms in total. The number of carbonyl (C=O) groups excluding carboxylic acids is 1. The second-order valence-corrected chi connectivity index (χ2v) is 7.03. The molecule has 0 bridgehead atoms. The van der Waals surface area contributed by atoms with E-state index in [1.54, 1.807) is 0 Å². The molecule has 5 heteroatoms. The average molecular weight is 370 g/mol. The molecule has 1 aliphatic rings. The maximum atomic E-state index is 13.4. The van der Waals surface area contributed by atoms with Gasteiger partial charge in [-0.15, -0.1) is 0 Å². The fraction of sp³-hybridized carbons (Fsp3) is 0.409. The lowest BCUT2D eigenvalue weighted by molar-refractivity contribution is 0.0947. The van der Waals surface area contributed by atoms with E-state index in [9.17, 15) is 9.18 Å². The van der Waals surface area contributed by atoms with E-state index in [2.05, 4.69) is 22.3 Å². The van der Waals surface area contributed by atoms with Crippen LogP contribution in [0.15, 0.2) is 42.5 Å². The Balaban J connectivity index is 1.55. The fourth-order valence-corrected chi connectivity index (χ4v) is 3.45. The molecule has 0 radical (unpaired) electrons. The zero-order valence-electron chi connectivity index (χ0n) is 15.8. The first kappa shape index (κ1) is 19.4. The predicted molar refractivity (Wildman–Crippen MR) is 104 cm³/mol. The second kappa shape index (κ2) is 9.51. The van der Waals surface area contributed by atoms with Crippen molar-refractivity contribution in [2.75, 3.05) is 20.2 Å². The third-order valence-electron chi connectivity index (χ3n) is 4.99. The highest BCUT2D eigenvalue weighted by Gasteiger charge is 2.13. The van der Waals surface area contributed by atoms with Gasteiger partial charge >= 0.3 is 0 Å². The molecular formula is C22H27FN2O2. The number of methoxy groups -OCH3 is 1. The van der Waals surface area contributed by atoms with Crippen LogP contribution in [-0.2, 0) is 13.1 Å². The number of ether oxygens (including phenoxy) is 1. The van der Waals surface area contributed by atoms with Crippen LogP contribution < -0.4 is 10.1 Å². The number of nitrogens with zero attached hydrogens (tertiary/aromatic N) is 1. The molecular weight excluding hydrogens is 343 g/mol. The molecule has 0 spiro atoms. The van der Waals surface area contributed by atoms with Gasteiger partial charge < -0.3 is 10.1 Å². The molecule has 0 aliphatic carbocycles. The van der Waals surface area contributed by atoms with Crippen LogP contribution in [0.3, 0.4) is 0 Å². The molecule has 0 aromatic heterocycles. The van der Waals surface area contributed by atoms with Gasteiger partial charge in [0.25, 0.3) is 5.91 Å². The minimum atomic E-state index is -0.459. The summed E-state index contributed by atoms with van der Waals surface area (Å²) in [5.41, 5.74) is 2.51. The van der Waals surface area contributed by atoms with Gasteiger partial charge in [-0.05, 0) is 55.3 Å². The van der Waals surface area contributed by atoms with Gasteiger partial charge in [0.15, 0.2) is 0 Å². The molecule has 3 rings (SSSR count). The Hall–Kier alpha value is -2.40. The second-order valence-electron chi connectivity index (χ2n) is 7.03. The number of nitrogens with one attached hydrogen (secondary N) is 1. The van der Waals surface area contributed by atoms with Crippen molar-refractivity contribution in [1.82, 2.24) is 10.2 Å². The molecule has 144 valence electrons. The number of rotatable bonds is 6. The number of halogens is 1. The smallest absolute Gasteiger partial charge is 0.255 e. The largest absolute Gasteiger partial charge is 0.496 e. The Labute approximate surface area is 160 Å². The van der Waals surface area contributed by atoms with Crippen LogP contribution in [0.25, 0.3) is 0 Å². The lowest BCUT2D eigenvalue weighted by Crippen LogP contribution is -2.24. The standard InChI is InChI=1S/C22H27FN2O2/c1-27-21-11-10-19(23)14-20(21)22(26)24-15-17-6-8-18(9-7-17)16-25-12-4-2-3-5-13-25/h6-11,14H,2-5,12-13,15-16H2,1H3,(H,24,26). The van der Waals surface area contributed by atoms with Crippen molar-refractivity contribution in [3.8, 4) is 5.75 Å². The van der Waals surface area contributed by atoms with Crippen molar-refractivity contribution >= 4 is 5.91 Å². The van der Waals surface area contributed by atoms with Crippen molar-refractivity contribution in [3.05, 3.63) is 65.0 Å². The minimum absolute atomic E-state index is 0.204. The molecule has 2 aromatic carbocycles. The van der Waals surface area contributed by atoms with Crippen LogP contribution in [0.5, 0.6) is 5.75 Å². The number of benzene rings is 2. The van der Waals surface area contributed by atoms with Crippen LogP contribution in [-0.4, -0.2) is 31.0 Å². The number of hydrogen-bond acceptors (Lipinski definition) is 3. The van der Waals surface area contributed by atoms with E-state index in [0.29, 0.717) is 12.3 Å². The highest BCUT2D eigenvalue weighted by molar-refractivity contribution is 5.96. The molecule has 1 amide bonds. The lowest BCUT2D eigenvalue weighted by atomic mass is 10.1. The minimum Gasteiger partial charge on any atom is -0.496 e. The van der Waals surface area contributed by atoms with E-state index >= 15 is 0 Å². The fourth-order valence-electron chi connectivity index (χ4n) is 3.45. The molecule has 27 heavy (non-hydrogen) atoms. The Morgan fingerprint density at radius 2 is 1.70 bits per heavy atom. The summed E-state index contributed by atoms with van der Waals surface area (Å²) in [5.74, 6) is -0.444. The molecule has 0 atom stereocenters. The Bertz CT molecular complexity index is 753. The number of hydrogen-bond donors (Lipinski definition) is 1. The van der Waals surface area contributed by atoms with Gasteiger partial charge in [0, 0.05) is 13.1 Å². The van der Waals surface area contributed by atoms with Gasteiger partial charge in [0.05, 0.1) is 12.7 Å². The zero-order chi connectivity index (χ0) is 19.1. The molecule has 2 aromatic rings. The van der Waals surface area contributed by atoms with Crippen LogP contribution in [0.4, 0.5) is 4.39 Å². The number of amides is 1. The number of likely N-dealkylation sites (tertiary alicyclic amines) is 1. The molecule has 0 unspecified atom stereocenters. The van der Waals surface area contributed by atoms with Crippen molar-refractivity contribution in [1.29, 1.82) is 0 Å². The first-order valence-corrected chi connectivity index (χ1v) is 9.57. The molecule has 1 heterocycles. The summed E-state index contributed by atoms with van der Waals surface area (Å²) >= 11 is 0. The summed E-state index contributed by atoms with van der Waals surface area (Å²) in [7, 11) is 1.47. The third-order valence-corrected chi connectivity index (χ3v) is 4.99. The highest BCUT2D eigenvalue weighted by Crippen LogP contribution is 2.19. The maximum absolute atomic E-state index is 13.4. The third kappa shape index (κ3) is 5.54. The van der Waals surface area contributed by atoms with Crippen LogP contribution in [0.2, 0.25) is 0 Å². The topological polar surface area (TPSA) is 41.6 Å². The Morgan fingerprint density at radius 1 is 1.04 bits per heavy atom. The van der Waals surface area contributed by atoms with Crippen molar-refractivity contribution in [2.45, 2.75) is 38.8 Å². The van der Waals surface area contributed by atoms with Gasteiger partial charge in [-0.25, -0.2) is 4.39 Å². The SMILES string of the molecule is COc1ccc(F)cc1C(=O)NCc1ccc(CN2CCCCCC2)cc1.